The zero-order valence-corrected chi connectivity index (χ0v) is 28.1. The summed E-state index contributed by atoms with van der Waals surface area (Å²) in [5.74, 6) is -5.36. The summed E-state index contributed by atoms with van der Waals surface area (Å²) in [4.78, 5) is 73.7. The minimum atomic E-state index is -1.59. The van der Waals surface area contributed by atoms with E-state index in [1.54, 1.807) is 24.3 Å². The number of methoxy groups -OCH3 is 1. The van der Waals surface area contributed by atoms with Crippen molar-refractivity contribution in [3.8, 4) is 5.75 Å². The molecule has 5 rings (SSSR count). The molecule has 3 fully saturated rings. The number of esters is 6. The van der Waals surface area contributed by atoms with Crippen molar-refractivity contribution in [2.75, 3.05) is 20.3 Å². The first-order valence-electron chi connectivity index (χ1n) is 15.7. The molecule has 1 aliphatic carbocycles. The van der Waals surface area contributed by atoms with E-state index in [2.05, 4.69) is 0 Å². The second-order valence-corrected chi connectivity index (χ2v) is 12.0. The standard InChI is InChI=1S/C33H38O17/c1-15(34)42-13-23-26(44-17(3)36)27(45-18(4)37)28(46-19(5)38)32(47-23)49-31-24-22(10-11-41-31)25(29-33(24,50-29)14-43-16(2)35)48-30(39)20-8-7-9-21(12-20)40-6/h7-12,22-29,31-32H,13-14H2,1-6H3/t22-,23-,24-,25+,26-,27+,28-,29+,31+,32+,33-/m1/s1. The van der Waals surface area contributed by atoms with Gasteiger partial charge >= 0.3 is 35.8 Å². The first kappa shape index (κ1) is 36.5. The second-order valence-electron chi connectivity index (χ2n) is 12.0. The molecular formula is C33H38O17. The number of hydrogen-bond donors (Lipinski definition) is 0. The number of fused-ring (bicyclic) bond motifs is 3. The van der Waals surface area contributed by atoms with Gasteiger partial charge in [-0.05, 0) is 24.3 Å². The van der Waals surface area contributed by atoms with E-state index >= 15 is 0 Å². The predicted octanol–water partition coefficient (Wildman–Crippen LogP) is 1.14. The van der Waals surface area contributed by atoms with Crippen LogP contribution >= 0.6 is 0 Å². The highest BCUT2D eigenvalue weighted by atomic mass is 16.8. The van der Waals surface area contributed by atoms with Crippen LogP contribution in [0.1, 0.15) is 45.0 Å². The number of carbonyl (C=O) groups excluding carboxylic acids is 6. The molecule has 1 aromatic carbocycles. The summed E-state index contributed by atoms with van der Waals surface area (Å²) < 4.78 is 62.6. The molecule has 1 aromatic rings. The first-order valence-corrected chi connectivity index (χ1v) is 15.7. The zero-order valence-electron chi connectivity index (χ0n) is 28.1. The van der Waals surface area contributed by atoms with Crippen LogP contribution in [0.4, 0.5) is 0 Å². The minimum absolute atomic E-state index is 0.223. The van der Waals surface area contributed by atoms with Gasteiger partial charge in [-0.15, -0.1) is 0 Å². The molecule has 3 aliphatic heterocycles. The quantitative estimate of drug-likeness (QED) is 0.170. The van der Waals surface area contributed by atoms with Gasteiger partial charge in [-0.2, -0.15) is 0 Å². The first-order chi connectivity index (χ1) is 23.7. The van der Waals surface area contributed by atoms with Gasteiger partial charge in [0.05, 0.1) is 24.9 Å². The number of epoxide rings is 1. The van der Waals surface area contributed by atoms with Crippen molar-refractivity contribution in [3.05, 3.63) is 42.2 Å². The molecular weight excluding hydrogens is 668 g/mol. The van der Waals surface area contributed by atoms with Gasteiger partial charge in [0.1, 0.15) is 42.9 Å². The Labute approximate surface area is 286 Å². The third kappa shape index (κ3) is 7.84. The van der Waals surface area contributed by atoms with Crippen molar-refractivity contribution in [1.29, 1.82) is 0 Å². The van der Waals surface area contributed by atoms with Crippen molar-refractivity contribution in [3.63, 3.8) is 0 Å². The molecule has 3 heterocycles. The monoisotopic (exact) mass is 706 g/mol. The van der Waals surface area contributed by atoms with E-state index in [0.29, 0.717) is 5.75 Å². The Morgan fingerprint density at radius 2 is 1.42 bits per heavy atom. The topological polar surface area (TPSA) is 207 Å². The van der Waals surface area contributed by atoms with Crippen LogP contribution in [-0.4, -0.2) is 111 Å². The zero-order chi connectivity index (χ0) is 36.3. The fourth-order valence-corrected chi connectivity index (χ4v) is 6.54. The molecule has 272 valence electrons. The molecule has 2 saturated heterocycles. The highest BCUT2D eigenvalue weighted by Gasteiger charge is 2.78. The summed E-state index contributed by atoms with van der Waals surface area (Å²) in [6, 6.07) is 6.39. The van der Waals surface area contributed by atoms with Crippen LogP contribution in [0.25, 0.3) is 0 Å². The lowest BCUT2D eigenvalue weighted by Gasteiger charge is -2.46. The van der Waals surface area contributed by atoms with Crippen molar-refractivity contribution >= 4 is 35.8 Å². The average molecular weight is 707 g/mol. The number of hydrogen-bond acceptors (Lipinski definition) is 17. The van der Waals surface area contributed by atoms with Gasteiger partial charge in [0.15, 0.2) is 18.3 Å². The van der Waals surface area contributed by atoms with Crippen LogP contribution in [0.2, 0.25) is 0 Å². The normalized spacial score (nSPS) is 33.3. The van der Waals surface area contributed by atoms with Crippen LogP contribution in [0.15, 0.2) is 36.6 Å². The number of ether oxygens (including phenoxy) is 11. The molecule has 0 spiro atoms. The fourth-order valence-electron chi connectivity index (χ4n) is 6.54. The maximum Gasteiger partial charge on any atom is 0.338 e. The van der Waals surface area contributed by atoms with Crippen LogP contribution < -0.4 is 4.74 Å². The maximum absolute atomic E-state index is 13.3. The Morgan fingerprint density at radius 1 is 0.760 bits per heavy atom. The molecule has 17 heteroatoms. The summed E-state index contributed by atoms with van der Waals surface area (Å²) in [5.41, 5.74) is -1.02. The summed E-state index contributed by atoms with van der Waals surface area (Å²) in [6.07, 6.45) is -7.26. The van der Waals surface area contributed by atoms with Gasteiger partial charge in [-0.3, -0.25) is 24.0 Å². The third-order valence-electron chi connectivity index (χ3n) is 8.50. The minimum Gasteiger partial charge on any atom is -0.497 e. The Hall–Kier alpha value is -4.74. The van der Waals surface area contributed by atoms with E-state index in [9.17, 15) is 28.8 Å². The van der Waals surface area contributed by atoms with Gasteiger partial charge in [-0.25, -0.2) is 4.79 Å². The van der Waals surface area contributed by atoms with E-state index in [1.165, 1.54) is 26.4 Å². The molecule has 1 saturated carbocycles. The van der Waals surface area contributed by atoms with Crippen LogP contribution in [-0.2, 0) is 71.3 Å². The molecule has 0 aromatic heterocycles. The molecule has 0 radical (unpaired) electrons. The van der Waals surface area contributed by atoms with E-state index in [1.807, 2.05) is 0 Å². The Kier molecular flexibility index (Phi) is 11.0. The average Bonchev–Trinajstić information content (AvgIpc) is 3.72. The molecule has 11 atom stereocenters. The van der Waals surface area contributed by atoms with Gasteiger partial charge in [0, 0.05) is 40.5 Å². The van der Waals surface area contributed by atoms with Gasteiger partial charge in [0.2, 0.25) is 12.6 Å². The summed E-state index contributed by atoms with van der Waals surface area (Å²) >= 11 is 0. The molecule has 0 bridgehead atoms. The van der Waals surface area contributed by atoms with Crippen LogP contribution in [0, 0.1) is 11.8 Å². The number of benzene rings is 1. The lowest BCUT2D eigenvalue weighted by atomic mass is 9.85. The number of rotatable bonds is 12. The van der Waals surface area contributed by atoms with Crippen molar-refractivity contribution < 1.29 is 80.9 Å². The van der Waals surface area contributed by atoms with Gasteiger partial charge in [-0.1, -0.05) is 6.07 Å². The van der Waals surface area contributed by atoms with Crippen LogP contribution in [0.5, 0.6) is 5.75 Å². The van der Waals surface area contributed by atoms with E-state index in [4.69, 9.17) is 52.1 Å². The Balaban J connectivity index is 1.47. The molecule has 17 nitrogen and oxygen atoms in total. The Bertz CT molecular complexity index is 1520. The number of carbonyl (C=O) groups is 6. The van der Waals surface area contributed by atoms with Crippen molar-refractivity contribution in [2.24, 2.45) is 11.8 Å². The van der Waals surface area contributed by atoms with Crippen LogP contribution in [0.3, 0.4) is 0 Å². The Morgan fingerprint density at radius 3 is 2.06 bits per heavy atom. The molecule has 0 unspecified atom stereocenters. The van der Waals surface area contributed by atoms with E-state index in [-0.39, 0.29) is 12.2 Å². The van der Waals surface area contributed by atoms with Gasteiger partial charge in [0.25, 0.3) is 0 Å². The second kappa shape index (κ2) is 15.0. The summed E-state index contributed by atoms with van der Waals surface area (Å²) in [6.45, 7) is 4.94. The third-order valence-corrected chi connectivity index (χ3v) is 8.50. The maximum atomic E-state index is 13.3. The lowest BCUT2D eigenvalue weighted by molar-refractivity contribution is -0.346. The highest BCUT2D eigenvalue weighted by Crippen LogP contribution is 2.61. The predicted molar refractivity (Wildman–Crippen MR) is 160 cm³/mol. The highest BCUT2D eigenvalue weighted by molar-refractivity contribution is 5.90. The van der Waals surface area contributed by atoms with E-state index in [0.717, 1.165) is 27.7 Å². The van der Waals surface area contributed by atoms with Crippen molar-refractivity contribution in [1.82, 2.24) is 0 Å². The molecule has 4 aliphatic rings. The SMILES string of the molecule is COc1cccc(C(=O)O[C@H]2[C@@H]3C=CO[C@@H](O[C@@H]4O[C@H](COC(C)=O)[C@@H](OC(C)=O)[C@H](OC(C)=O)[C@H]4OC(C)=O)[C@@H]3[C@@]3(COC(C)=O)O[C@@H]23)c1. The largest absolute Gasteiger partial charge is 0.497 e. The lowest BCUT2D eigenvalue weighted by Crippen LogP contribution is -2.64. The van der Waals surface area contributed by atoms with Crippen molar-refractivity contribution in [2.45, 2.75) is 89.4 Å². The summed E-state index contributed by atoms with van der Waals surface area (Å²) in [5, 5.41) is 0. The van der Waals surface area contributed by atoms with Gasteiger partial charge < -0.3 is 52.1 Å². The fraction of sp³-hybridized carbons (Fsp3) is 0.576. The molecule has 50 heavy (non-hydrogen) atoms. The smallest absolute Gasteiger partial charge is 0.338 e. The molecule has 0 amide bonds. The summed E-state index contributed by atoms with van der Waals surface area (Å²) in [7, 11) is 1.46. The van der Waals surface area contributed by atoms with E-state index < -0.39 is 109 Å². The molecule has 0 N–H and O–H groups in total.